The van der Waals surface area contributed by atoms with E-state index in [-0.39, 0.29) is 30.1 Å². The highest BCUT2D eigenvalue weighted by atomic mass is 127. The normalized spacial score (nSPS) is 19.3. The van der Waals surface area contributed by atoms with Crippen molar-refractivity contribution in [2.45, 2.75) is 45.1 Å². The average molecular weight is 481 g/mol. The van der Waals surface area contributed by atoms with E-state index in [1.54, 1.807) is 4.90 Å². The molecule has 0 aromatic rings. The fraction of sp³-hybridized carbons (Fsp3) is 0.889. The summed E-state index contributed by atoms with van der Waals surface area (Å²) in [5, 5.41) is 3.48. The summed E-state index contributed by atoms with van der Waals surface area (Å²) in [7, 11) is 4.06. The van der Waals surface area contributed by atoms with Crippen molar-refractivity contribution in [2.24, 2.45) is 4.99 Å². The van der Waals surface area contributed by atoms with E-state index in [4.69, 9.17) is 4.74 Å². The summed E-state index contributed by atoms with van der Waals surface area (Å²) in [4.78, 5) is 22.7. The Bertz CT molecular complexity index is 435. The van der Waals surface area contributed by atoms with Gasteiger partial charge in [-0.2, -0.15) is 0 Å². The summed E-state index contributed by atoms with van der Waals surface area (Å²) >= 11 is 0. The molecule has 1 amide bonds. The van der Waals surface area contributed by atoms with E-state index in [0.29, 0.717) is 19.7 Å². The number of hydrogen-bond donors (Lipinski definition) is 1. The molecule has 1 N–H and O–H groups in total. The Balaban J connectivity index is 0.00000338. The predicted octanol–water partition coefficient (Wildman–Crippen LogP) is 2.22. The summed E-state index contributed by atoms with van der Waals surface area (Å²) in [6.45, 7) is 7.14. The smallest absolute Gasteiger partial charge is 0.409 e. The van der Waals surface area contributed by atoms with E-state index in [2.05, 4.69) is 27.2 Å². The molecule has 0 unspecified atom stereocenters. The Kier molecular flexibility index (Phi) is 11.3. The second kappa shape index (κ2) is 12.6. The molecule has 2 fully saturated rings. The maximum atomic E-state index is 11.8. The van der Waals surface area contributed by atoms with Crippen molar-refractivity contribution < 1.29 is 9.53 Å². The van der Waals surface area contributed by atoms with E-state index in [0.717, 1.165) is 38.2 Å². The third kappa shape index (κ3) is 7.09. The van der Waals surface area contributed by atoms with Crippen LogP contribution in [0.3, 0.4) is 0 Å². The molecule has 0 spiro atoms. The van der Waals surface area contributed by atoms with Crippen LogP contribution in [0.15, 0.2) is 4.99 Å². The number of amides is 1. The summed E-state index contributed by atoms with van der Waals surface area (Å²) in [5.74, 6) is 0.931. The number of halogens is 1. The Hall–Kier alpha value is -0.770. The molecule has 152 valence electrons. The maximum absolute atomic E-state index is 11.8. The number of carbonyl (C=O) groups is 1. The quantitative estimate of drug-likeness (QED) is 0.371. The van der Waals surface area contributed by atoms with Crippen molar-refractivity contribution in [1.29, 1.82) is 0 Å². The molecule has 0 bridgehead atoms. The monoisotopic (exact) mass is 481 g/mol. The molecule has 1 saturated carbocycles. The lowest BCUT2D eigenvalue weighted by atomic mass is 9.94. The van der Waals surface area contributed by atoms with Crippen LogP contribution in [-0.4, -0.2) is 92.8 Å². The van der Waals surface area contributed by atoms with Crippen LogP contribution in [0.1, 0.15) is 39.0 Å². The lowest BCUT2D eigenvalue weighted by molar-refractivity contribution is 0.0914. The molecule has 1 aliphatic heterocycles. The van der Waals surface area contributed by atoms with Gasteiger partial charge in [-0.15, -0.1) is 24.0 Å². The molecule has 0 aromatic heterocycles. The molecule has 0 aromatic carbocycles. The second-order valence-corrected chi connectivity index (χ2v) is 6.92. The largest absolute Gasteiger partial charge is 0.450 e. The first-order chi connectivity index (χ1) is 12.2. The minimum Gasteiger partial charge on any atom is -0.450 e. The third-order valence-corrected chi connectivity index (χ3v) is 5.26. The van der Waals surface area contributed by atoms with Crippen LogP contribution in [0, 0.1) is 0 Å². The molecular weight excluding hydrogens is 445 g/mol. The first-order valence-electron chi connectivity index (χ1n) is 9.73. The zero-order chi connectivity index (χ0) is 18.1. The van der Waals surface area contributed by atoms with E-state index in [9.17, 15) is 4.79 Å². The highest BCUT2D eigenvalue weighted by Gasteiger charge is 2.24. The van der Waals surface area contributed by atoms with Crippen molar-refractivity contribution in [1.82, 2.24) is 20.0 Å². The van der Waals surface area contributed by atoms with Crippen molar-refractivity contribution in [3.63, 3.8) is 0 Å². The van der Waals surface area contributed by atoms with Gasteiger partial charge < -0.3 is 24.8 Å². The molecule has 0 atom stereocenters. The molecule has 2 aliphatic rings. The SMILES string of the molecule is CCOC(=O)N1CCN(C(=NC)NCCN(C)C2CCCCC2)CC1.I. The summed E-state index contributed by atoms with van der Waals surface area (Å²) in [5.41, 5.74) is 0. The van der Waals surface area contributed by atoms with Gasteiger partial charge in [0.25, 0.3) is 0 Å². The molecule has 1 heterocycles. The molecule has 0 radical (unpaired) electrons. The van der Waals surface area contributed by atoms with Crippen molar-refractivity contribution in [3.8, 4) is 0 Å². The Labute approximate surface area is 175 Å². The molecule has 26 heavy (non-hydrogen) atoms. The predicted molar refractivity (Wildman–Crippen MR) is 116 cm³/mol. The molecule has 2 rings (SSSR count). The highest BCUT2D eigenvalue weighted by Crippen LogP contribution is 2.21. The van der Waals surface area contributed by atoms with Crippen molar-refractivity contribution in [3.05, 3.63) is 0 Å². The zero-order valence-corrected chi connectivity index (χ0v) is 18.9. The number of piperazine rings is 1. The van der Waals surface area contributed by atoms with E-state index in [1.807, 2.05) is 14.0 Å². The van der Waals surface area contributed by atoms with E-state index >= 15 is 0 Å². The van der Waals surface area contributed by atoms with Gasteiger partial charge in [0.2, 0.25) is 0 Å². The minimum absolute atomic E-state index is 0. The van der Waals surface area contributed by atoms with Gasteiger partial charge in [-0.1, -0.05) is 19.3 Å². The number of hydrogen-bond acceptors (Lipinski definition) is 4. The number of nitrogens with zero attached hydrogens (tertiary/aromatic N) is 4. The summed E-state index contributed by atoms with van der Waals surface area (Å²) < 4.78 is 5.07. The van der Waals surface area contributed by atoms with E-state index < -0.39 is 0 Å². The molecule has 1 aliphatic carbocycles. The van der Waals surface area contributed by atoms with Crippen LogP contribution in [0.25, 0.3) is 0 Å². The first-order valence-corrected chi connectivity index (χ1v) is 9.73. The van der Waals surface area contributed by atoms with E-state index in [1.165, 1.54) is 32.1 Å². The number of aliphatic imine (C=N–C) groups is 1. The highest BCUT2D eigenvalue weighted by molar-refractivity contribution is 14.0. The number of carbonyl (C=O) groups excluding carboxylic acids is 1. The first kappa shape index (κ1) is 23.3. The van der Waals surface area contributed by atoms with Gasteiger partial charge in [-0.05, 0) is 26.8 Å². The Morgan fingerprint density at radius 3 is 2.35 bits per heavy atom. The zero-order valence-electron chi connectivity index (χ0n) is 16.6. The molecular formula is C18H36IN5O2. The average Bonchev–Trinajstić information content (AvgIpc) is 2.66. The molecule has 1 saturated heterocycles. The fourth-order valence-electron chi connectivity index (χ4n) is 3.70. The van der Waals surface area contributed by atoms with Crippen LogP contribution in [0.5, 0.6) is 0 Å². The maximum Gasteiger partial charge on any atom is 0.409 e. The van der Waals surface area contributed by atoms with Gasteiger partial charge in [0.05, 0.1) is 6.61 Å². The van der Waals surface area contributed by atoms with Crippen LogP contribution < -0.4 is 5.32 Å². The van der Waals surface area contributed by atoms with Crippen LogP contribution in [0.2, 0.25) is 0 Å². The third-order valence-electron chi connectivity index (χ3n) is 5.26. The lowest BCUT2D eigenvalue weighted by Gasteiger charge is -2.36. The van der Waals surface area contributed by atoms with Crippen molar-refractivity contribution >= 4 is 36.0 Å². The second-order valence-electron chi connectivity index (χ2n) is 6.92. The molecule has 7 nitrogen and oxygen atoms in total. The Morgan fingerprint density at radius 2 is 1.77 bits per heavy atom. The van der Waals surface area contributed by atoms with Gasteiger partial charge in [0.1, 0.15) is 0 Å². The van der Waals surface area contributed by atoms with Crippen LogP contribution in [-0.2, 0) is 4.74 Å². The lowest BCUT2D eigenvalue weighted by Crippen LogP contribution is -2.54. The van der Waals surface area contributed by atoms with Gasteiger partial charge in [0, 0.05) is 52.4 Å². The summed E-state index contributed by atoms with van der Waals surface area (Å²) in [6.07, 6.45) is 6.60. The standard InChI is InChI=1S/C18H35N5O2.HI/c1-4-25-18(24)23-14-12-22(13-15-23)17(19-2)20-10-11-21(3)16-8-6-5-7-9-16;/h16H,4-15H2,1-3H3,(H,19,20);1H. The Morgan fingerprint density at radius 1 is 1.15 bits per heavy atom. The van der Waals surface area contributed by atoms with Crippen molar-refractivity contribution in [2.75, 3.05) is 60.0 Å². The number of ether oxygens (including phenoxy) is 1. The van der Waals surface area contributed by atoms with Gasteiger partial charge >= 0.3 is 6.09 Å². The van der Waals surface area contributed by atoms with Crippen LogP contribution >= 0.6 is 24.0 Å². The number of nitrogens with one attached hydrogen (secondary N) is 1. The minimum atomic E-state index is -0.209. The topological polar surface area (TPSA) is 60.4 Å². The number of likely N-dealkylation sites (N-methyl/N-ethyl adjacent to an activating group) is 1. The van der Waals surface area contributed by atoms with Gasteiger partial charge in [0.15, 0.2) is 5.96 Å². The fourth-order valence-corrected chi connectivity index (χ4v) is 3.70. The van der Waals surface area contributed by atoms with Gasteiger partial charge in [-0.25, -0.2) is 4.79 Å². The van der Waals surface area contributed by atoms with Gasteiger partial charge in [-0.3, -0.25) is 4.99 Å². The van der Waals surface area contributed by atoms with Crippen LogP contribution in [0.4, 0.5) is 4.79 Å². The number of rotatable bonds is 5. The summed E-state index contributed by atoms with van der Waals surface area (Å²) in [6, 6.07) is 0.741. The number of guanidine groups is 1. The molecule has 8 heteroatoms.